The second-order valence-corrected chi connectivity index (χ2v) is 25.5. The molecule has 4 N–H and O–H groups in total. The van der Waals surface area contributed by atoms with E-state index < -0.39 is 33.8 Å². The van der Waals surface area contributed by atoms with E-state index in [1.54, 1.807) is 0 Å². The van der Waals surface area contributed by atoms with E-state index in [-0.39, 0.29) is 0 Å². The molecule has 0 spiro atoms. The predicted octanol–water partition coefficient (Wildman–Crippen LogP) is 4.20. The van der Waals surface area contributed by atoms with Gasteiger partial charge in [0, 0.05) is 0 Å². The number of rotatable bonds is 15. The third-order valence-corrected chi connectivity index (χ3v) is 21.9. The van der Waals surface area contributed by atoms with Gasteiger partial charge in [-0.3, -0.25) is 0 Å². The summed E-state index contributed by atoms with van der Waals surface area (Å²) < 4.78 is 21.5. The van der Waals surface area contributed by atoms with Crippen molar-refractivity contribution in [3.8, 4) is 0 Å². The highest BCUT2D eigenvalue weighted by molar-refractivity contribution is 7.03. The second-order valence-electron chi connectivity index (χ2n) is 10.2. The maximum atomic E-state index is 7.30. The lowest BCUT2D eigenvalue weighted by Gasteiger charge is -2.44. The largest absolute Gasteiger partial charge is 0.433 e. The Morgan fingerprint density at radius 3 is 1.47 bits per heavy atom. The Bertz CT molecular complexity index is 845. The average molecular weight is 533 g/mol. The molecule has 1 atom stereocenters. The van der Waals surface area contributed by atoms with Crippen molar-refractivity contribution in [2.45, 2.75) is 57.7 Å². The van der Waals surface area contributed by atoms with E-state index in [1.807, 2.05) is 17.8 Å². The van der Waals surface area contributed by atoms with Gasteiger partial charge in [0.2, 0.25) is 0 Å². The van der Waals surface area contributed by atoms with Gasteiger partial charge in [-0.25, -0.2) is 0 Å². The van der Waals surface area contributed by atoms with Gasteiger partial charge in [0.1, 0.15) is 0 Å². The second kappa shape index (κ2) is 12.7. The van der Waals surface area contributed by atoms with Crippen molar-refractivity contribution >= 4 is 44.1 Å². The van der Waals surface area contributed by atoms with Crippen LogP contribution in [0, 0.1) is 0 Å². The Morgan fingerprint density at radius 1 is 0.676 bits per heavy atom. The van der Waals surface area contributed by atoms with Gasteiger partial charge in [0.05, 0.1) is 0 Å². The summed E-state index contributed by atoms with van der Waals surface area (Å²) in [4.78, 5) is 0. The summed E-state index contributed by atoms with van der Waals surface area (Å²) in [5.74, 6) is 0. The molecule has 34 heavy (non-hydrogen) atoms. The van der Waals surface area contributed by atoms with Gasteiger partial charge in [0.15, 0.2) is 16.6 Å². The van der Waals surface area contributed by atoms with Crippen LogP contribution in [0.1, 0.15) is 12.8 Å². The lowest BCUT2D eigenvalue weighted by Crippen LogP contribution is -2.71. The molecule has 0 heterocycles. The van der Waals surface area contributed by atoms with Crippen LogP contribution >= 0.6 is 0 Å². The van der Waals surface area contributed by atoms with Crippen LogP contribution in [0.25, 0.3) is 0 Å². The van der Waals surface area contributed by atoms with Crippen LogP contribution in [0.15, 0.2) is 72.9 Å². The van der Waals surface area contributed by atoms with Crippen molar-refractivity contribution in [3.63, 3.8) is 0 Å². The number of hydrogen-bond donors (Lipinski definition) is 2. The number of benzene rings is 2. The van der Waals surface area contributed by atoms with Crippen LogP contribution in [0.2, 0.25) is 44.8 Å². The van der Waals surface area contributed by atoms with E-state index in [0.29, 0.717) is 13.1 Å². The highest BCUT2D eigenvalue weighted by atomic mass is 28.5. The molecule has 9 heteroatoms. The summed E-state index contributed by atoms with van der Waals surface area (Å²) in [6, 6.07) is 22.9. The topological polar surface area (TPSA) is 79.7 Å². The van der Waals surface area contributed by atoms with Crippen molar-refractivity contribution in [3.05, 3.63) is 72.9 Å². The Kier molecular flexibility index (Phi) is 10.9. The Balaban J connectivity index is 2.64. The fourth-order valence-electron chi connectivity index (χ4n) is 4.22. The molecule has 2 aromatic carbocycles. The van der Waals surface area contributed by atoms with Gasteiger partial charge in [-0.1, -0.05) is 66.4 Å². The number of hydrogen-bond acceptors (Lipinski definition) is 5. The van der Waals surface area contributed by atoms with Crippen molar-refractivity contribution < 1.29 is 12.3 Å². The summed E-state index contributed by atoms with van der Waals surface area (Å²) in [6.45, 7) is 16.7. The minimum absolute atomic E-state index is 0.662. The lowest BCUT2D eigenvalue weighted by molar-refractivity contribution is 0.344. The van der Waals surface area contributed by atoms with E-state index in [4.69, 9.17) is 23.8 Å². The molecule has 0 fully saturated rings. The normalized spacial score (nSPS) is 14.6. The van der Waals surface area contributed by atoms with Gasteiger partial charge in [-0.2, -0.15) is 0 Å². The van der Waals surface area contributed by atoms with E-state index >= 15 is 0 Å². The third-order valence-electron chi connectivity index (χ3n) is 5.89. The first-order valence-corrected chi connectivity index (χ1v) is 22.7. The summed E-state index contributed by atoms with van der Waals surface area (Å²) in [6.07, 6.45) is 1.90. The first kappa shape index (κ1) is 29.1. The van der Waals surface area contributed by atoms with E-state index in [9.17, 15) is 0 Å². The zero-order valence-corrected chi connectivity index (χ0v) is 25.7. The van der Waals surface area contributed by atoms with E-state index in [1.165, 1.54) is 0 Å². The maximum absolute atomic E-state index is 7.30. The van der Waals surface area contributed by atoms with Crippen molar-refractivity contribution in [1.29, 1.82) is 0 Å². The first-order valence-electron chi connectivity index (χ1n) is 12.3. The van der Waals surface area contributed by atoms with Gasteiger partial charge < -0.3 is 23.8 Å². The molecule has 0 aliphatic carbocycles. The fourth-order valence-corrected chi connectivity index (χ4v) is 22.2. The highest BCUT2D eigenvalue weighted by Crippen LogP contribution is 2.28. The molecule has 1 unspecified atom stereocenters. The molecule has 0 aliphatic rings. The predicted molar refractivity (Wildman–Crippen MR) is 155 cm³/mol. The molecule has 2 rings (SSSR count). The zero-order chi connectivity index (χ0) is 25.3. The minimum Gasteiger partial charge on any atom is -0.433 e. The monoisotopic (exact) mass is 532 g/mol. The van der Waals surface area contributed by atoms with Crippen molar-refractivity contribution in [2.75, 3.05) is 13.1 Å². The van der Waals surface area contributed by atoms with Gasteiger partial charge >= 0.3 is 17.1 Å². The van der Waals surface area contributed by atoms with Crippen molar-refractivity contribution in [2.24, 2.45) is 11.5 Å². The molecule has 0 aromatic heterocycles. The molecular formula is C25H44N2O3Si4. The summed E-state index contributed by atoms with van der Waals surface area (Å²) in [5.41, 5.74) is 13.6. The summed E-state index contributed by atoms with van der Waals surface area (Å²) in [7, 11) is -10.1. The van der Waals surface area contributed by atoms with Crippen LogP contribution in [0.3, 0.4) is 0 Å². The molecule has 0 amide bonds. The fraction of sp³-hybridized carbons (Fsp3) is 0.440. The van der Waals surface area contributed by atoms with Crippen LogP contribution in [0.5, 0.6) is 0 Å². The molecule has 0 aliphatic heterocycles. The standard InChI is InChI=1S/C25H44N2O3Si4/c1-7-33(6,28-31(2,3)22-14-20-26)30-34(24-16-10-8-11-17-24,25-18-12-9-13-19-25)29-32(4,5)23-15-21-27/h7-13,16-19H,1,14-15,20-23,26-27H2,2-6H3. The van der Waals surface area contributed by atoms with E-state index in [2.05, 4.69) is 87.8 Å². The molecule has 188 valence electrons. The minimum atomic E-state index is -3.14. The summed E-state index contributed by atoms with van der Waals surface area (Å²) >= 11 is 0. The smallest absolute Gasteiger partial charge is 0.388 e. The highest BCUT2D eigenvalue weighted by Gasteiger charge is 2.52. The molecule has 0 bridgehead atoms. The average Bonchev–Trinajstić information content (AvgIpc) is 2.81. The van der Waals surface area contributed by atoms with Gasteiger partial charge in [-0.05, 0) is 81.1 Å². The quantitative estimate of drug-likeness (QED) is 0.336. The molecular weight excluding hydrogens is 489 g/mol. The van der Waals surface area contributed by atoms with Crippen LogP contribution < -0.4 is 21.8 Å². The molecule has 0 radical (unpaired) electrons. The molecule has 5 nitrogen and oxygen atoms in total. The van der Waals surface area contributed by atoms with Crippen molar-refractivity contribution in [1.82, 2.24) is 0 Å². The zero-order valence-electron chi connectivity index (χ0n) is 21.7. The van der Waals surface area contributed by atoms with Crippen LogP contribution in [0.4, 0.5) is 0 Å². The lowest BCUT2D eigenvalue weighted by atomic mass is 10.4. The third kappa shape index (κ3) is 8.21. The van der Waals surface area contributed by atoms with Crippen LogP contribution in [-0.4, -0.2) is 46.8 Å². The summed E-state index contributed by atoms with van der Waals surface area (Å²) in [5, 5.41) is 2.19. The van der Waals surface area contributed by atoms with Gasteiger partial charge in [-0.15, -0.1) is 6.58 Å². The Hall–Kier alpha value is -1.15. The van der Waals surface area contributed by atoms with Gasteiger partial charge in [0.25, 0.3) is 0 Å². The maximum Gasteiger partial charge on any atom is 0.388 e. The molecule has 0 saturated carbocycles. The first-order chi connectivity index (χ1) is 16.0. The molecule has 2 aromatic rings. The van der Waals surface area contributed by atoms with E-state index in [0.717, 1.165) is 35.3 Å². The Morgan fingerprint density at radius 2 is 1.09 bits per heavy atom. The SMILES string of the molecule is C=C[Si](C)(O[Si](C)(C)CCCN)O[Si](O[Si](C)(C)CCCN)(c1ccccc1)c1ccccc1. The Labute approximate surface area is 211 Å². The number of nitrogens with two attached hydrogens (primary N) is 2. The molecule has 0 saturated heterocycles. The van der Waals surface area contributed by atoms with Crippen LogP contribution in [-0.2, 0) is 12.3 Å².